The van der Waals surface area contributed by atoms with Gasteiger partial charge in [0.1, 0.15) is 17.0 Å². The zero-order valence-corrected chi connectivity index (χ0v) is 20.6. The van der Waals surface area contributed by atoms with E-state index in [-0.39, 0.29) is 5.41 Å². The van der Waals surface area contributed by atoms with Crippen molar-refractivity contribution in [2.75, 3.05) is 31.1 Å². The number of nitrogens with two attached hydrogens (primary N) is 1. The number of aromatic amines is 1. The number of rotatable bonds is 5. The molecule has 2 aromatic carbocycles. The highest BCUT2D eigenvalue weighted by atomic mass is 16.1. The molecule has 0 saturated carbocycles. The van der Waals surface area contributed by atoms with Crippen molar-refractivity contribution in [3.05, 3.63) is 77.6 Å². The van der Waals surface area contributed by atoms with Gasteiger partial charge in [0.15, 0.2) is 0 Å². The molecule has 5 rings (SSSR count). The number of hydrogen-bond donors (Lipinski definition) is 2. The fourth-order valence-corrected chi connectivity index (χ4v) is 4.61. The number of nitrogens with zero attached hydrogens (tertiary/aromatic N) is 4. The lowest BCUT2D eigenvalue weighted by Crippen LogP contribution is -2.46. The van der Waals surface area contributed by atoms with E-state index in [1.165, 1.54) is 11.3 Å². The van der Waals surface area contributed by atoms with Crippen molar-refractivity contribution in [3.8, 4) is 11.4 Å². The summed E-state index contributed by atoms with van der Waals surface area (Å²) in [6, 6.07) is 18.7. The van der Waals surface area contributed by atoms with Crippen molar-refractivity contribution in [3.63, 3.8) is 0 Å². The average Bonchev–Trinajstić information content (AvgIpc) is 3.29. The van der Waals surface area contributed by atoms with Crippen molar-refractivity contribution in [1.82, 2.24) is 19.9 Å². The molecule has 4 aromatic rings. The van der Waals surface area contributed by atoms with E-state index in [4.69, 9.17) is 10.7 Å². The highest BCUT2D eigenvalue weighted by Crippen LogP contribution is 2.30. The predicted octanol–water partition coefficient (Wildman–Crippen LogP) is 4.34. The van der Waals surface area contributed by atoms with E-state index in [2.05, 4.69) is 83.0 Å². The van der Waals surface area contributed by atoms with Crippen LogP contribution in [0.4, 0.5) is 5.69 Å². The number of fused-ring (bicyclic) bond motifs is 1. The van der Waals surface area contributed by atoms with Gasteiger partial charge in [0.05, 0.1) is 11.2 Å². The summed E-state index contributed by atoms with van der Waals surface area (Å²) in [5.74, 6) is 0.404. The second kappa shape index (κ2) is 9.15. The quantitative estimate of drug-likeness (QED) is 0.455. The van der Waals surface area contributed by atoms with Gasteiger partial charge in [-0.05, 0) is 34.7 Å². The summed E-state index contributed by atoms with van der Waals surface area (Å²) in [6.45, 7) is 11.2. The summed E-state index contributed by atoms with van der Waals surface area (Å²) in [5, 5.41) is 0. The number of benzene rings is 2. The molecule has 0 radical (unpaired) electrons. The smallest absolute Gasteiger partial charge is 0.267 e. The van der Waals surface area contributed by atoms with Gasteiger partial charge in [-0.2, -0.15) is 0 Å². The highest BCUT2D eigenvalue weighted by molar-refractivity contribution is 5.91. The molecule has 0 spiro atoms. The van der Waals surface area contributed by atoms with Gasteiger partial charge in [0.25, 0.3) is 5.91 Å². The maximum atomic E-state index is 11.2. The average molecular weight is 469 g/mol. The minimum atomic E-state index is -0.497. The van der Waals surface area contributed by atoms with Crippen LogP contribution in [0.5, 0.6) is 0 Å². The van der Waals surface area contributed by atoms with E-state index < -0.39 is 5.91 Å². The fourth-order valence-electron chi connectivity index (χ4n) is 4.61. The topological polar surface area (TPSA) is 91.1 Å². The summed E-state index contributed by atoms with van der Waals surface area (Å²) in [7, 11) is 0. The summed E-state index contributed by atoms with van der Waals surface area (Å²) in [4.78, 5) is 28.7. The Balaban J connectivity index is 1.29. The maximum absolute atomic E-state index is 11.2. The third kappa shape index (κ3) is 4.91. The van der Waals surface area contributed by atoms with Crippen molar-refractivity contribution >= 4 is 22.6 Å². The highest BCUT2D eigenvalue weighted by Gasteiger charge is 2.21. The van der Waals surface area contributed by atoms with E-state index in [1.54, 1.807) is 12.3 Å². The number of amides is 1. The Bertz CT molecular complexity index is 1330. The van der Waals surface area contributed by atoms with Crippen LogP contribution in [0, 0.1) is 0 Å². The Hall–Kier alpha value is -3.71. The molecule has 2 aromatic heterocycles. The largest absolute Gasteiger partial charge is 0.367 e. The number of aromatic nitrogens is 3. The zero-order chi connectivity index (χ0) is 24.6. The van der Waals surface area contributed by atoms with Crippen LogP contribution in [0.3, 0.4) is 0 Å². The Morgan fingerprint density at radius 1 is 1.00 bits per heavy atom. The summed E-state index contributed by atoms with van der Waals surface area (Å²) >= 11 is 0. The van der Waals surface area contributed by atoms with E-state index in [0.717, 1.165) is 60.7 Å². The molecule has 35 heavy (non-hydrogen) atoms. The van der Waals surface area contributed by atoms with E-state index in [9.17, 15) is 4.79 Å². The number of carbonyl (C=O) groups excluding carboxylic acids is 1. The van der Waals surface area contributed by atoms with Crippen LogP contribution >= 0.6 is 0 Å². The second-order valence-electron chi connectivity index (χ2n) is 10.3. The Morgan fingerprint density at radius 3 is 2.37 bits per heavy atom. The van der Waals surface area contributed by atoms with Crippen LogP contribution in [0.25, 0.3) is 22.4 Å². The Morgan fingerprint density at radius 2 is 1.74 bits per heavy atom. The van der Waals surface area contributed by atoms with Gasteiger partial charge in [-0.25, -0.2) is 4.98 Å². The molecule has 180 valence electrons. The Kier molecular flexibility index (Phi) is 6.03. The number of pyridine rings is 1. The molecule has 1 amide bonds. The lowest BCUT2D eigenvalue weighted by atomic mass is 9.87. The molecule has 3 heterocycles. The van der Waals surface area contributed by atoms with Gasteiger partial charge in [-0.15, -0.1) is 0 Å². The van der Waals surface area contributed by atoms with Crippen LogP contribution in [0.1, 0.15) is 42.4 Å². The molecule has 1 aliphatic rings. The molecule has 1 aliphatic heterocycles. The number of hydrogen-bond acceptors (Lipinski definition) is 5. The number of carbonyl (C=O) groups is 1. The van der Waals surface area contributed by atoms with Crippen LogP contribution < -0.4 is 10.6 Å². The van der Waals surface area contributed by atoms with E-state index in [1.807, 2.05) is 6.07 Å². The molecule has 1 saturated heterocycles. The predicted molar refractivity (Wildman–Crippen MR) is 140 cm³/mol. The summed E-state index contributed by atoms with van der Waals surface area (Å²) in [6.07, 6.45) is 1.74. The number of anilines is 1. The molecule has 3 N–H and O–H groups in total. The maximum Gasteiger partial charge on any atom is 0.267 e. The van der Waals surface area contributed by atoms with Crippen LogP contribution in [0.2, 0.25) is 0 Å². The number of H-pyrrole nitrogens is 1. The van der Waals surface area contributed by atoms with Crippen LogP contribution in [0.15, 0.2) is 60.8 Å². The van der Waals surface area contributed by atoms with Gasteiger partial charge < -0.3 is 15.6 Å². The van der Waals surface area contributed by atoms with Gasteiger partial charge >= 0.3 is 0 Å². The molecule has 0 unspecified atom stereocenters. The van der Waals surface area contributed by atoms with E-state index in [0.29, 0.717) is 5.69 Å². The first-order chi connectivity index (χ1) is 16.8. The molecular weight excluding hydrogens is 436 g/mol. The number of primary amides is 1. The number of para-hydroxylation sites is 1. The molecular formula is C28H32N6O. The molecule has 0 aliphatic carbocycles. The molecule has 7 nitrogen and oxygen atoms in total. The van der Waals surface area contributed by atoms with Crippen LogP contribution in [-0.4, -0.2) is 51.9 Å². The van der Waals surface area contributed by atoms with Crippen molar-refractivity contribution in [2.24, 2.45) is 5.73 Å². The SMILES string of the molecule is CC(C)(C)c1ccc(-c2nc3c(N4CCN(Cc5ccc(C(N)=O)nc5)CC4)cccc3[nH]2)cc1. The van der Waals surface area contributed by atoms with E-state index >= 15 is 0 Å². The molecule has 7 heteroatoms. The first kappa shape index (κ1) is 23.1. The lowest BCUT2D eigenvalue weighted by molar-refractivity contribution is 0.0995. The Labute approximate surface area is 206 Å². The van der Waals surface area contributed by atoms with Crippen molar-refractivity contribution in [1.29, 1.82) is 0 Å². The number of nitrogens with one attached hydrogen (secondary N) is 1. The fraction of sp³-hybridized carbons (Fsp3) is 0.321. The summed E-state index contributed by atoms with van der Waals surface area (Å²) < 4.78 is 0. The lowest BCUT2D eigenvalue weighted by Gasteiger charge is -2.36. The first-order valence-electron chi connectivity index (χ1n) is 12.1. The molecule has 0 bridgehead atoms. The zero-order valence-electron chi connectivity index (χ0n) is 20.6. The molecule has 1 fully saturated rings. The van der Waals surface area contributed by atoms with Gasteiger partial charge in [0, 0.05) is 44.5 Å². The van der Waals surface area contributed by atoms with Gasteiger partial charge in [-0.1, -0.05) is 57.2 Å². The first-order valence-corrected chi connectivity index (χ1v) is 12.1. The monoisotopic (exact) mass is 468 g/mol. The van der Waals surface area contributed by atoms with Gasteiger partial charge in [-0.3, -0.25) is 14.7 Å². The normalized spacial score (nSPS) is 15.0. The van der Waals surface area contributed by atoms with Gasteiger partial charge in [0.2, 0.25) is 0 Å². The minimum absolute atomic E-state index is 0.130. The summed E-state index contributed by atoms with van der Waals surface area (Å²) in [5.41, 5.74) is 12.5. The molecule has 0 atom stereocenters. The minimum Gasteiger partial charge on any atom is -0.367 e. The van der Waals surface area contributed by atoms with Crippen LogP contribution in [-0.2, 0) is 12.0 Å². The third-order valence-corrected chi connectivity index (χ3v) is 6.71. The standard InChI is InChI=1S/C28H32N6O/c1-28(2,3)21-10-8-20(9-11-21)27-31-22-5-4-6-24(25(22)32-27)34-15-13-33(14-16-34)18-19-7-12-23(26(29)35)30-17-19/h4-12,17H,13-16,18H2,1-3H3,(H2,29,35)(H,31,32). The number of piperazine rings is 1. The van der Waals surface area contributed by atoms with Crippen molar-refractivity contribution in [2.45, 2.75) is 32.7 Å². The third-order valence-electron chi connectivity index (χ3n) is 6.71. The van der Waals surface area contributed by atoms with Crippen molar-refractivity contribution < 1.29 is 4.79 Å². The number of imidazole rings is 1. The second-order valence-corrected chi connectivity index (χ2v) is 10.3.